The maximum absolute atomic E-state index is 11.7. The van der Waals surface area contributed by atoms with Crippen molar-refractivity contribution in [2.45, 2.75) is 33.2 Å². The van der Waals surface area contributed by atoms with Gasteiger partial charge in [0.1, 0.15) is 5.82 Å². The van der Waals surface area contributed by atoms with Gasteiger partial charge in [-0.3, -0.25) is 0 Å². The summed E-state index contributed by atoms with van der Waals surface area (Å²) in [6.45, 7) is 6.22. The quantitative estimate of drug-likeness (QED) is 0.904. The molecular formula is C18H24N4O2S. The van der Waals surface area contributed by atoms with Gasteiger partial charge in [0.2, 0.25) is 5.95 Å². The Hall–Kier alpha value is -2.15. The number of anilines is 3. The van der Waals surface area contributed by atoms with E-state index in [0.717, 1.165) is 16.8 Å². The summed E-state index contributed by atoms with van der Waals surface area (Å²) in [7, 11) is -1.08. The lowest BCUT2D eigenvalue weighted by Crippen LogP contribution is -2.33. The average molecular weight is 360 g/mol. The van der Waals surface area contributed by atoms with Crippen LogP contribution in [0.3, 0.4) is 0 Å². The van der Waals surface area contributed by atoms with E-state index in [4.69, 9.17) is 0 Å². The highest BCUT2D eigenvalue weighted by molar-refractivity contribution is 7.91. The van der Waals surface area contributed by atoms with Gasteiger partial charge in [-0.1, -0.05) is 17.7 Å². The first-order valence-corrected chi connectivity index (χ1v) is 10.2. The van der Waals surface area contributed by atoms with E-state index in [9.17, 15) is 8.42 Å². The smallest absolute Gasteiger partial charge is 0.227 e. The standard InChI is InChI=1S/C18H24N4O2S/c1-12-9-13(2)17(14(3)10-12)20-16-5-7-19-18(21-16)22(4)15-6-8-25(23,24)11-15/h5,7,9-10,15H,6,8,11H2,1-4H3,(H,19,20,21). The zero-order valence-corrected chi connectivity index (χ0v) is 15.9. The predicted molar refractivity (Wildman–Crippen MR) is 101 cm³/mol. The van der Waals surface area contributed by atoms with Crippen molar-refractivity contribution in [3.05, 3.63) is 41.1 Å². The topological polar surface area (TPSA) is 75.2 Å². The minimum atomic E-state index is -2.94. The van der Waals surface area contributed by atoms with Crippen LogP contribution in [-0.2, 0) is 9.84 Å². The van der Waals surface area contributed by atoms with Crippen molar-refractivity contribution in [1.82, 2.24) is 9.97 Å². The van der Waals surface area contributed by atoms with Crippen molar-refractivity contribution < 1.29 is 8.42 Å². The van der Waals surface area contributed by atoms with Crippen LogP contribution in [0.5, 0.6) is 0 Å². The Morgan fingerprint density at radius 1 is 1.20 bits per heavy atom. The fourth-order valence-electron chi connectivity index (χ4n) is 3.34. The number of nitrogens with zero attached hydrogens (tertiary/aromatic N) is 3. The van der Waals surface area contributed by atoms with Gasteiger partial charge in [0, 0.05) is 25.0 Å². The van der Waals surface area contributed by atoms with Crippen LogP contribution >= 0.6 is 0 Å². The first kappa shape index (κ1) is 17.7. The lowest BCUT2D eigenvalue weighted by molar-refractivity contribution is 0.600. The van der Waals surface area contributed by atoms with E-state index >= 15 is 0 Å². The fraction of sp³-hybridized carbons (Fsp3) is 0.444. The molecule has 1 fully saturated rings. The van der Waals surface area contributed by atoms with Crippen LogP contribution in [0.1, 0.15) is 23.1 Å². The highest BCUT2D eigenvalue weighted by atomic mass is 32.2. The van der Waals surface area contributed by atoms with E-state index in [1.165, 1.54) is 5.56 Å². The Balaban J connectivity index is 1.83. The lowest BCUT2D eigenvalue weighted by Gasteiger charge is -2.23. The van der Waals surface area contributed by atoms with Crippen molar-refractivity contribution in [1.29, 1.82) is 0 Å². The zero-order chi connectivity index (χ0) is 18.2. The van der Waals surface area contributed by atoms with Crippen LogP contribution in [-0.4, -0.2) is 43.0 Å². The fourth-order valence-corrected chi connectivity index (χ4v) is 5.11. The molecule has 0 bridgehead atoms. The summed E-state index contributed by atoms with van der Waals surface area (Å²) < 4.78 is 23.4. The van der Waals surface area contributed by atoms with E-state index in [0.29, 0.717) is 18.2 Å². The van der Waals surface area contributed by atoms with Gasteiger partial charge < -0.3 is 10.2 Å². The SMILES string of the molecule is Cc1cc(C)c(Nc2ccnc(N(C)C3CCS(=O)(=O)C3)n2)c(C)c1. The molecule has 25 heavy (non-hydrogen) atoms. The Morgan fingerprint density at radius 2 is 1.88 bits per heavy atom. The Bertz CT molecular complexity index is 873. The van der Waals surface area contributed by atoms with E-state index in [1.807, 2.05) is 18.0 Å². The molecule has 1 N–H and O–H groups in total. The van der Waals surface area contributed by atoms with Crippen LogP contribution in [0, 0.1) is 20.8 Å². The van der Waals surface area contributed by atoms with Crippen LogP contribution in [0.4, 0.5) is 17.5 Å². The van der Waals surface area contributed by atoms with Gasteiger partial charge in [0.25, 0.3) is 0 Å². The molecule has 2 aromatic rings. The third kappa shape index (κ3) is 3.92. The van der Waals surface area contributed by atoms with Gasteiger partial charge in [0.15, 0.2) is 9.84 Å². The summed E-state index contributed by atoms with van der Waals surface area (Å²) in [5.41, 5.74) is 4.59. The maximum Gasteiger partial charge on any atom is 0.227 e. The molecule has 1 saturated heterocycles. The van der Waals surface area contributed by atoms with E-state index in [1.54, 1.807) is 6.20 Å². The molecule has 1 aliphatic heterocycles. The second-order valence-electron chi connectivity index (χ2n) is 6.81. The Morgan fingerprint density at radius 3 is 2.48 bits per heavy atom. The molecule has 1 aromatic carbocycles. The molecule has 0 aliphatic carbocycles. The maximum atomic E-state index is 11.7. The molecular weight excluding hydrogens is 336 g/mol. The monoisotopic (exact) mass is 360 g/mol. The number of hydrogen-bond acceptors (Lipinski definition) is 6. The van der Waals surface area contributed by atoms with Crippen LogP contribution in [0.2, 0.25) is 0 Å². The van der Waals surface area contributed by atoms with Crippen molar-refractivity contribution in [2.75, 3.05) is 28.8 Å². The molecule has 7 heteroatoms. The summed E-state index contributed by atoms with van der Waals surface area (Å²) in [6.07, 6.45) is 2.32. The molecule has 134 valence electrons. The summed E-state index contributed by atoms with van der Waals surface area (Å²) in [5.74, 6) is 1.64. The van der Waals surface area contributed by atoms with Crippen LogP contribution < -0.4 is 10.2 Å². The van der Waals surface area contributed by atoms with Crippen molar-refractivity contribution >= 4 is 27.3 Å². The minimum absolute atomic E-state index is 0.0666. The Kier molecular flexibility index (Phi) is 4.69. The van der Waals surface area contributed by atoms with Gasteiger partial charge in [-0.25, -0.2) is 13.4 Å². The molecule has 2 heterocycles. The number of nitrogens with one attached hydrogen (secondary N) is 1. The van der Waals surface area contributed by atoms with Crippen molar-refractivity contribution in [3.8, 4) is 0 Å². The predicted octanol–water partition coefficient (Wildman–Crippen LogP) is 2.77. The molecule has 1 atom stereocenters. The van der Waals surface area contributed by atoms with Crippen LogP contribution in [0.25, 0.3) is 0 Å². The molecule has 0 amide bonds. The van der Waals surface area contributed by atoms with Gasteiger partial charge in [0.05, 0.1) is 11.5 Å². The average Bonchev–Trinajstić information content (AvgIpc) is 2.90. The zero-order valence-electron chi connectivity index (χ0n) is 15.1. The summed E-state index contributed by atoms with van der Waals surface area (Å²) in [5, 5.41) is 3.37. The second-order valence-corrected chi connectivity index (χ2v) is 9.04. The van der Waals surface area contributed by atoms with E-state index in [-0.39, 0.29) is 17.5 Å². The number of benzene rings is 1. The molecule has 3 rings (SSSR count). The van der Waals surface area contributed by atoms with Gasteiger partial charge in [-0.05, 0) is 44.4 Å². The third-order valence-corrected chi connectivity index (χ3v) is 6.39. The highest BCUT2D eigenvalue weighted by Crippen LogP contribution is 2.26. The van der Waals surface area contributed by atoms with E-state index < -0.39 is 9.84 Å². The Labute approximate surface area is 149 Å². The van der Waals surface area contributed by atoms with Crippen molar-refractivity contribution in [2.24, 2.45) is 0 Å². The molecule has 1 aliphatic rings. The van der Waals surface area contributed by atoms with E-state index in [2.05, 4.69) is 48.2 Å². The summed E-state index contributed by atoms with van der Waals surface area (Å²) in [4.78, 5) is 10.8. The van der Waals surface area contributed by atoms with Gasteiger partial charge in [-0.15, -0.1) is 0 Å². The number of sulfone groups is 1. The molecule has 6 nitrogen and oxygen atoms in total. The third-order valence-electron chi connectivity index (χ3n) is 4.64. The molecule has 1 unspecified atom stereocenters. The van der Waals surface area contributed by atoms with Gasteiger partial charge in [-0.2, -0.15) is 4.98 Å². The van der Waals surface area contributed by atoms with Gasteiger partial charge >= 0.3 is 0 Å². The summed E-state index contributed by atoms with van der Waals surface area (Å²) in [6, 6.07) is 6.02. The number of aryl methyl sites for hydroxylation is 3. The molecule has 0 spiro atoms. The first-order valence-electron chi connectivity index (χ1n) is 8.36. The van der Waals surface area contributed by atoms with Crippen LogP contribution in [0.15, 0.2) is 24.4 Å². The first-order chi connectivity index (χ1) is 11.7. The largest absolute Gasteiger partial charge is 0.340 e. The lowest BCUT2D eigenvalue weighted by atomic mass is 10.1. The normalized spacial score (nSPS) is 19.0. The molecule has 0 saturated carbocycles. The highest BCUT2D eigenvalue weighted by Gasteiger charge is 2.31. The number of rotatable bonds is 4. The second kappa shape index (κ2) is 6.63. The number of hydrogen-bond donors (Lipinski definition) is 1. The van der Waals surface area contributed by atoms with Crippen molar-refractivity contribution in [3.63, 3.8) is 0 Å². The number of aromatic nitrogens is 2. The summed E-state index contributed by atoms with van der Waals surface area (Å²) >= 11 is 0. The molecule has 0 radical (unpaired) electrons. The minimum Gasteiger partial charge on any atom is -0.340 e. The molecule has 1 aromatic heterocycles.